The predicted octanol–water partition coefficient (Wildman–Crippen LogP) is 4.96. The van der Waals surface area contributed by atoms with E-state index >= 15 is 0 Å². The molecule has 0 amide bonds. The molecule has 0 bridgehead atoms. The van der Waals surface area contributed by atoms with E-state index in [9.17, 15) is 9.90 Å². The number of thiazole rings is 1. The molecule has 1 aliphatic heterocycles. The third-order valence-corrected chi connectivity index (χ3v) is 8.60. The molecule has 4 rings (SSSR count). The summed E-state index contributed by atoms with van der Waals surface area (Å²) >= 11 is 1.76. The molecule has 176 valence electrons. The van der Waals surface area contributed by atoms with Crippen LogP contribution in [0.3, 0.4) is 0 Å². The van der Waals surface area contributed by atoms with Crippen LogP contribution in [0.15, 0.2) is 12.1 Å². The van der Waals surface area contributed by atoms with Crippen molar-refractivity contribution < 1.29 is 15.0 Å². The number of carboxylic acid groups (broad SMARTS) is 1. The topological polar surface area (TPSA) is 99.7 Å². The first-order chi connectivity index (χ1) is 15.2. The summed E-state index contributed by atoms with van der Waals surface area (Å²) in [7, 11) is 0. The minimum absolute atomic E-state index is 0.312. The highest BCUT2D eigenvalue weighted by Crippen LogP contribution is 2.41. The van der Waals surface area contributed by atoms with E-state index in [0.29, 0.717) is 23.9 Å². The summed E-state index contributed by atoms with van der Waals surface area (Å²) in [4.78, 5) is 18.3. The van der Waals surface area contributed by atoms with Gasteiger partial charge in [-0.05, 0) is 95.9 Å². The van der Waals surface area contributed by atoms with Crippen molar-refractivity contribution in [3.8, 4) is 0 Å². The molecule has 0 spiro atoms. The van der Waals surface area contributed by atoms with Crippen LogP contribution in [0, 0.1) is 11.8 Å². The number of hydrogen-bond donors (Lipinski definition) is 3. The lowest BCUT2D eigenvalue weighted by Gasteiger charge is -2.36. The van der Waals surface area contributed by atoms with Crippen molar-refractivity contribution >= 4 is 33.2 Å². The van der Waals surface area contributed by atoms with E-state index in [1.54, 1.807) is 25.2 Å². The van der Waals surface area contributed by atoms with Crippen LogP contribution < -0.4 is 5.73 Å². The molecule has 0 atom stereocenters. The Morgan fingerprint density at radius 3 is 2.47 bits per heavy atom. The number of nitrogens with two attached hydrogens (primary N) is 1. The van der Waals surface area contributed by atoms with E-state index in [1.807, 2.05) is 12.1 Å². The molecule has 2 heterocycles. The van der Waals surface area contributed by atoms with Crippen molar-refractivity contribution in [3.63, 3.8) is 0 Å². The average Bonchev–Trinajstić information content (AvgIpc) is 3.15. The van der Waals surface area contributed by atoms with Crippen molar-refractivity contribution in [2.45, 2.75) is 76.7 Å². The van der Waals surface area contributed by atoms with Gasteiger partial charge in [0.1, 0.15) is 0 Å². The first-order valence-electron chi connectivity index (χ1n) is 12.1. The van der Waals surface area contributed by atoms with Gasteiger partial charge < -0.3 is 20.8 Å². The number of likely N-dealkylation sites (tertiary alicyclic amines) is 1. The molecule has 4 N–H and O–H groups in total. The number of fused-ring (bicyclic) bond motifs is 1. The highest BCUT2D eigenvalue weighted by Gasteiger charge is 2.28. The highest BCUT2D eigenvalue weighted by molar-refractivity contribution is 7.18. The normalized spacial score (nSPS) is 23.6. The van der Waals surface area contributed by atoms with Gasteiger partial charge in [0.2, 0.25) is 0 Å². The third kappa shape index (κ3) is 5.61. The zero-order chi connectivity index (χ0) is 22.9. The molecule has 1 aromatic carbocycles. The zero-order valence-corrected chi connectivity index (χ0v) is 20.2. The monoisotopic (exact) mass is 459 g/mol. The lowest BCUT2D eigenvalue weighted by molar-refractivity contribution is -0.137. The second kappa shape index (κ2) is 9.65. The molecule has 1 aliphatic carbocycles. The molecule has 0 radical (unpaired) electrons. The Balaban J connectivity index is 1.29. The van der Waals surface area contributed by atoms with Gasteiger partial charge >= 0.3 is 5.97 Å². The van der Waals surface area contributed by atoms with E-state index in [2.05, 4.69) is 4.90 Å². The fourth-order valence-corrected chi connectivity index (χ4v) is 6.62. The fraction of sp³-hybridized carbons (Fsp3) is 0.680. The molecule has 32 heavy (non-hydrogen) atoms. The molecule has 1 aromatic heterocycles. The number of aliphatic hydroxyl groups is 1. The van der Waals surface area contributed by atoms with Crippen LogP contribution in [0.25, 0.3) is 10.2 Å². The SMILES string of the molecule is CC(C)(O)c1cc2nc(C3CCC(CN4CCC(CCC(=O)O)CC4)CC3)sc2cc1N. The Labute approximate surface area is 194 Å². The third-order valence-electron chi connectivity index (χ3n) is 7.42. The lowest BCUT2D eigenvalue weighted by atomic mass is 9.81. The van der Waals surface area contributed by atoms with E-state index in [-0.39, 0.29) is 0 Å². The Kier molecular flexibility index (Phi) is 7.08. The molecule has 1 saturated heterocycles. The van der Waals surface area contributed by atoms with Crippen LogP contribution in [0.2, 0.25) is 0 Å². The van der Waals surface area contributed by atoms with Gasteiger partial charge in [0.25, 0.3) is 0 Å². The summed E-state index contributed by atoms with van der Waals surface area (Å²) in [5.41, 5.74) is 7.56. The number of aliphatic carboxylic acids is 1. The van der Waals surface area contributed by atoms with E-state index in [0.717, 1.165) is 54.0 Å². The molecule has 7 heteroatoms. The lowest BCUT2D eigenvalue weighted by Crippen LogP contribution is -2.38. The number of hydrogen-bond acceptors (Lipinski definition) is 6. The molecule has 0 unspecified atom stereocenters. The summed E-state index contributed by atoms with van der Waals surface area (Å²) in [6, 6.07) is 3.92. The van der Waals surface area contributed by atoms with Crippen LogP contribution in [-0.2, 0) is 10.4 Å². The maximum atomic E-state index is 10.8. The Morgan fingerprint density at radius 2 is 1.84 bits per heavy atom. The van der Waals surface area contributed by atoms with Gasteiger partial charge in [0.15, 0.2) is 0 Å². The van der Waals surface area contributed by atoms with Gasteiger partial charge in [-0.2, -0.15) is 0 Å². The minimum Gasteiger partial charge on any atom is -0.481 e. The Morgan fingerprint density at radius 1 is 1.16 bits per heavy atom. The molecular formula is C25H37N3O3S. The highest BCUT2D eigenvalue weighted by atomic mass is 32.1. The fourth-order valence-electron chi connectivity index (χ4n) is 5.45. The van der Waals surface area contributed by atoms with Crippen molar-refractivity contribution in [1.29, 1.82) is 0 Å². The summed E-state index contributed by atoms with van der Waals surface area (Å²) in [5.74, 6) is 1.20. The standard InChI is InChI=1S/C25H37N3O3S/c1-25(2,31)19-13-21-22(14-20(19)26)32-24(27-21)18-6-3-17(4-7-18)15-28-11-9-16(10-12-28)5-8-23(29)30/h13-14,16-18,31H,3-12,15,26H2,1-2H3,(H,29,30). The number of rotatable bonds is 7. The number of carboxylic acids is 1. The maximum absolute atomic E-state index is 10.8. The second-order valence-corrected chi connectivity index (χ2v) is 11.5. The van der Waals surface area contributed by atoms with Gasteiger partial charge in [-0.3, -0.25) is 4.79 Å². The zero-order valence-electron chi connectivity index (χ0n) is 19.3. The first kappa shape index (κ1) is 23.5. The summed E-state index contributed by atoms with van der Waals surface area (Å²) < 4.78 is 1.11. The Bertz CT molecular complexity index is 936. The van der Waals surface area contributed by atoms with Crippen molar-refractivity contribution in [1.82, 2.24) is 9.88 Å². The summed E-state index contributed by atoms with van der Waals surface area (Å²) in [5, 5.41) is 20.5. The van der Waals surface area contributed by atoms with Crippen LogP contribution in [0.1, 0.15) is 81.7 Å². The van der Waals surface area contributed by atoms with Crippen LogP contribution in [-0.4, -0.2) is 45.7 Å². The van der Waals surface area contributed by atoms with E-state index in [4.69, 9.17) is 15.8 Å². The van der Waals surface area contributed by atoms with E-state index < -0.39 is 11.6 Å². The number of nitrogens with zero attached hydrogens (tertiary/aromatic N) is 2. The molecule has 6 nitrogen and oxygen atoms in total. The van der Waals surface area contributed by atoms with Crippen LogP contribution in [0.5, 0.6) is 0 Å². The molecule has 1 saturated carbocycles. The quantitative estimate of drug-likeness (QED) is 0.506. The summed E-state index contributed by atoms with van der Waals surface area (Å²) in [6.45, 7) is 6.94. The van der Waals surface area contributed by atoms with E-state index in [1.165, 1.54) is 37.2 Å². The van der Waals surface area contributed by atoms with Gasteiger partial charge in [-0.25, -0.2) is 4.98 Å². The Hall–Kier alpha value is -1.70. The average molecular weight is 460 g/mol. The minimum atomic E-state index is -0.967. The molecular weight excluding hydrogens is 422 g/mol. The van der Waals surface area contributed by atoms with Crippen molar-refractivity contribution in [2.24, 2.45) is 11.8 Å². The van der Waals surface area contributed by atoms with Gasteiger partial charge in [0.05, 0.1) is 20.8 Å². The van der Waals surface area contributed by atoms with Gasteiger partial charge in [-0.15, -0.1) is 11.3 Å². The number of nitrogen functional groups attached to an aromatic ring is 1. The summed E-state index contributed by atoms with van der Waals surface area (Å²) in [6.07, 6.45) is 8.30. The number of carbonyl (C=O) groups is 1. The predicted molar refractivity (Wildman–Crippen MR) is 130 cm³/mol. The van der Waals surface area contributed by atoms with Gasteiger partial charge in [0, 0.05) is 30.1 Å². The largest absolute Gasteiger partial charge is 0.481 e. The van der Waals surface area contributed by atoms with Gasteiger partial charge in [-0.1, -0.05) is 0 Å². The number of piperidine rings is 1. The second-order valence-electron chi connectivity index (χ2n) is 10.4. The molecule has 2 aliphatic rings. The van der Waals surface area contributed by atoms with Crippen molar-refractivity contribution in [3.05, 3.63) is 22.7 Å². The number of anilines is 1. The number of aromatic nitrogens is 1. The molecule has 2 aromatic rings. The molecule has 2 fully saturated rings. The van der Waals surface area contributed by atoms with Crippen molar-refractivity contribution in [2.75, 3.05) is 25.4 Å². The van der Waals surface area contributed by atoms with Crippen LogP contribution in [0.4, 0.5) is 5.69 Å². The first-order valence-corrected chi connectivity index (χ1v) is 12.9. The number of benzene rings is 1. The maximum Gasteiger partial charge on any atom is 0.303 e. The van der Waals surface area contributed by atoms with Crippen LogP contribution >= 0.6 is 11.3 Å². The smallest absolute Gasteiger partial charge is 0.303 e.